The lowest BCUT2D eigenvalue weighted by molar-refractivity contribution is 1.75. The van der Waals surface area contributed by atoms with E-state index in [0.717, 1.165) is 5.19 Å². The Hall–Kier alpha value is 0.597. The summed E-state index contributed by atoms with van der Waals surface area (Å²) in [6.07, 6.45) is 0. The molecule has 0 atom stereocenters. The molecular formula is C7H6Cl4Si. The highest BCUT2D eigenvalue weighted by molar-refractivity contribution is 7.52. The van der Waals surface area contributed by atoms with Gasteiger partial charge in [-0.05, 0) is 17.3 Å². The van der Waals surface area contributed by atoms with Crippen molar-refractivity contribution in [2.75, 3.05) is 5.50 Å². The largest absolute Gasteiger partial charge is 0.295 e. The molecule has 1 rings (SSSR count). The van der Waals surface area contributed by atoms with Crippen molar-refractivity contribution in [2.45, 2.75) is 0 Å². The van der Waals surface area contributed by atoms with Crippen molar-refractivity contribution in [2.24, 2.45) is 0 Å². The molecule has 0 bridgehead atoms. The molecule has 0 aromatic heterocycles. The van der Waals surface area contributed by atoms with Crippen LogP contribution in [0.5, 0.6) is 0 Å². The van der Waals surface area contributed by atoms with Gasteiger partial charge in [-0.15, -0.1) is 33.8 Å². The highest BCUT2D eigenvalue weighted by Gasteiger charge is 2.29. The van der Waals surface area contributed by atoms with Gasteiger partial charge in [0.15, 0.2) is 0 Å². The van der Waals surface area contributed by atoms with Gasteiger partial charge >= 0.3 is 0 Å². The molecule has 0 saturated carbocycles. The first kappa shape index (κ1) is 10.7. The van der Waals surface area contributed by atoms with Crippen molar-refractivity contribution >= 4 is 57.2 Å². The Morgan fingerprint density at radius 1 is 1.08 bits per heavy atom. The fraction of sp³-hybridized carbons (Fsp3) is 0.143. The highest BCUT2D eigenvalue weighted by atomic mass is 35.7. The molecule has 0 N–H and O–H groups in total. The lowest BCUT2D eigenvalue weighted by atomic mass is 10.4. The Bertz CT molecular complexity index is 257. The predicted octanol–water partition coefficient (Wildman–Crippen LogP) is 3.24. The van der Waals surface area contributed by atoms with E-state index in [1.54, 1.807) is 12.1 Å². The van der Waals surface area contributed by atoms with Crippen LogP contribution in [0.4, 0.5) is 0 Å². The average Bonchev–Trinajstić information content (AvgIpc) is 2.05. The van der Waals surface area contributed by atoms with E-state index < -0.39 is 6.69 Å². The molecule has 0 fully saturated rings. The maximum Gasteiger partial charge on any atom is 0.295 e. The molecule has 0 aliphatic rings. The van der Waals surface area contributed by atoms with Gasteiger partial charge in [-0.2, -0.15) is 0 Å². The molecule has 1 aromatic rings. The molecule has 1 aromatic carbocycles. The molecule has 5 heteroatoms. The second-order valence-corrected chi connectivity index (χ2v) is 10.3. The second kappa shape index (κ2) is 4.21. The quantitative estimate of drug-likeness (QED) is 0.435. The van der Waals surface area contributed by atoms with Crippen LogP contribution in [-0.2, 0) is 0 Å². The molecular weight excluding hydrogens is 254 g/mol. The molecule has 0 amide bonds. The predicted molar refractivity (Wildman–Crippen MR) is 59.3 cm³/mol. The van der Waals surface area contributed by atoms with E-state index >= 15 is 0 Å². The highest BCUT2D eigenvalue weighted by Crippen LogP contribution is 2.17. The van der Waals surface area contributed by atoms with E-state index in [4.69, 9.17) is 45.4 Å². The molecule has 0 radical (unpaired) electrons. The third-order valence-electron chi connectivity index (χ3n) is 1.43. The van der Waals surface area contributed by atoms with Gasteiger partial charge in [0.1, 0.15) is 0 Å². The Labute approximate surface area is 91.8 Å². The Balaban J connectivity index is 2.96. The molecule has 0 aliphatic carbocycles. The van der Waals surface area contributed by atoms with E-state index in [-0.39, 0.29) is 5.50 Å². The van der Waals surface area contributed by atoms with Gasteiger partial charge in [-0.25, -0.2) is 0 Å². The number of rotatable bonds is 2. The molecule has 0 saturated heterocycles. The van der Waals surface area contributed by atoms with E-state index in [9.17, 15) is 0 Å². The normalized spacial score (nSPS) is 11.7. The molecule has 0 heterocycles. The van der Waals surface area contributed by atoms with Gasteiger partial charge in [-0.1, -0.05) is 23.7 Å². The summed E-state index contributed by atoms with van der Waals surface area (Å²) in [4.78, 5) is 0. The van der Waals surface area contributed by atoms with Crippen LogP contribution in [0.2, 0.25) is 5.02 Å². The van der Waals surface area contributed by atoms with E-state index in [0.29, 0.717) is 5.02 Å². The van der Waals surface area contributed by atoms with Gasteiger partial charge in [0.05, 0.1) is 0 Å². The van der Waals surface area contributed by atoms with Crippen molar-refractivity contribution in [1.29, 1.82) is 0 Å². The lowest BCUT2D eigenvalue weighted by Crippen LogP contribution is -2.38. The summed E-state index contributed by atoms with van der Waals surface area (Å²) >= 11 is 23.4. The third kappa shape index (κ3) is 2.54. The van der Waals surface area contributed by atoms with Crippen LogP contribution in [0, 0.1) is 0 Å². The first-order valence-corrected chi connectivity index (χ1v) is 8.40. The number of hydrogen-bond acceptors (Lipinski definition) is 0. The van der Waals surface area contributed by atoms with Crippen LogP contribution < -0.4 is 5.19 Å². The first-order chi connectivity index (χ1) is 5.56. The Morgan fingerprint density at radius 3 is 2.00 bits per heavy atom. The van der Waals surface area contributed by atoms with E-state index in [2.05, 4.69) is 0 Å². The monoisotopic (exact) mass is 258 g/mol. The van der Waals surface area contributed by atoms with Crippen LogP contribution in [0.25, 0.3) is 0 Å². The zero-order valence-corrected chi connectivity index (χ0v) is 10.1. The molecule has 12 heavy (non-hydrogen) atoms. The summed E-state index contributed by atoms with van der Waals surface area (Å²) in [5.41, 5.74) is 0.289. The summed E-state index contributed by atoms with van der Waals surface area (Å²) in [6, 6.07) is 7.15. The van der Waals surface area contributed by atoms with Crippen LogP contribution in [0.15, 0.2) is 24.3 Å². The summed E-state index contributed by atoms with van der Waals surface area (Å²) < 4.78 is 0. The fourth-order valence-corrected chi connectivity index (χ4v) is 2.92. The Morgan fingerprint density at radius 2 is 1.58 bits per heavy atom. The van der Waals surface area contributed by atoms with E-state index in [1.807, 2.05) is 12.1 Å². The third-order valence-corrected chi connectivity index (χ3v) is 7.33. The van der Waals surface area contributed by atoms with Crippen molar-refractivity contribution < 1.29 is 0 Å². The van der Waals surface area contributed by atoms with Gasteiger partial charge in [0, 0.05) is 10.5 Å². The lowest BCUT2D eigenvalue weighted by Gasteiger charge is -2.12. The average molecular weight is 260 g/mol. The zero-order valence-electron chi connectivity index (χ0n) is 6.03. The minimum Gasteiger partial charge on any atom is -0.138 e. The fourth-order valence-electron chi connectivity index (χ4n) is 0.771. The molecule has 0 nitrogen and oxygen atoms in total. The van der Waals surface area contributed by atoms with Gasteiger partial charge in [-0.3, -0.25) is 0 Å². The molecule has 0 spiro atoms. The minimum absolute atomic E-state index is 0.289. The maximum absolute atomic E-state index is 6.03. The summed E-state index contributed by atoms with van der Waals surface area (Å²) in [7, 11) is 0. The molecule has 0 unspecified atom stereocenters. The van der Waals surface area contributed by atoms with Crippen molar-refractivity contribution in [3.8, 4) is 0 Å². The van der Waals surface area contributed by atoms with Crippen LogP contribution in [-0.4, -0.2) is 12.2 Å². The number of alkyl halides is 1. The summed E-state index contributed by atoms with van der Waals surface area (Å²) in [6.45, 7) is -2.43. The zero-order chi connectivity index (χ0) is 9.19. The SMILES string of the molecule is ClC[Si](Cl)(Cl)c1ccc(Cl)cc1. The number of benzene rings is 1. The first-order valence-electron chi connectivity index (χ1n) is 3.26. The Kier molecular flexibility index (Phi) is 3.74. The van der Waals surface area contributed by atoms with Crippen LogP contribution >= 0.6 is 45.4 Å². The second-order valence-electron chi connectivity index (χ2n) is 2.34. The topological polar surface area (TPSA) is 0 Å². The van der Waals surface area contributed by atoms with Crippen LogP contribution in [0.3, 0.4) is 0 Å². The summed E-state index contributed by atoms with van der Waals surface area (Å²) in [5.74, 6) is 0. The van der Waals surface area contributed by atoms with E-state index in [1.165, 1.54) is 0 Å². The maximum atomic E-state index is 6.03. The minimum atomic E-state index is -2.43. The standard InChI is InChI=1S/C7H6Cl4Si/c8-5-12(10,11)7-3-1-6(9)2-4-7/h1-4H,5H2. The van der Waals surface area contributed by atoms with Gasteiger partial charge in [0.2, 0.25) is 0 Å². The smallest absolute Gasteiger partial charge is 0.138 e. The van der Waals surface area contributed by atoms with Gasteiger partial charge < -0.3 is 0 Å². The van der Waals surface area contributed by atoms with Crippen molar-refractivity contribution in [3.63, 3.8) is 0 Å². The number of hydrogen-bond donors (Lipinski definition) is 0. The molecule has 0 aliphatic heterocycles. The van der Waals surface area contributed by atoms with Gasteiger partial charge in [0.25, 0.3) is 6.69 Å². The molecule has 66 valence electrons. The van der Waals surface area contributed by atoms with Crippen molar-refractivity contribution in [3.05, 3.63) is 29.3 Å². The summed E-state index contributed by atoms with van der Waals surface area (Å²) in [5, 5.41) is 1.57. The van der Waals surface area contributed by atoms with Crippen LogP contribution in [0.1, 0.15) is 0 Å². The van der Waals surface area contributed by atoms with Crippen molar-refractivity contribution in [1.82, 2.24) is 0 Å². The number of halogens is 4.